The summed E-state index contributed by atoms with van der Waals surface area (Å²) in [6.45, 7) is 4.64. The van der Waals surface area contributed by atoms with Crippen LogP contribution in [-0.4, -0.2) is 72.5 Å². The zero-order valence-electron chi connectivity index (χ0n) is 19.9. The maximum atomic E-state index is 12.8. The summed E-state index contributed by atoms with van der Waals surface area (Å²) in [4.78, 5) is 32.9. The first-order valence-electron chi connectivity index (χ1n) is 11.3. The van der Waals surface area contributed by atoms with Gasteiger partial charge in [0.15, 0.2) is 11.4 Å². The maximum Gasteiger partial charge on any atom is 0.246 e. The lowest BCUT2D eigenvalue weighted by Crippen LogP contribution is -2.45. The highest BCUT2D eigenvalue weighted by atomic mass is 79.9. The fraction of sp³-hybridized carbons (Fsp3) is 0.375. The van der Waals surface area contributed by atoms with Crippen LogP contribution in [0.15, 0.2) is 35.1 Å². The van der Waals surface area contributed by atoms with Crippen LogP contribution in [0, 0.1) is 6.92 Å². The highest BCUT2D eigenvalue weighted by Crippen LogP contribution is 2.35. The first kappa shape index (κ1) is 26.7. The van der Waals surface area contributed by atoms with Crippen molar-refractivity contribution >= 4 is 62.3 Å². The molecular weight excluding hydrogens is 573 g/mol. The Hall–Kier alpha value is -2.37. The zero-order valence-corrected chi connectivity index (χ0v) is 23.0. The summed E-state index contributed by atoms with van der Waals surface area (Å²) < 4.78 is 14.0. The van der Waals surface area contributed by atoms with Crippen LogP contribution in [0.4, 0.5) is 5.69 Å². The fourth-order valence-corrected chi connectivity index (χ4v) is 4.79. The monoisotopic (exact) mass is 597 g/mol. The fourth-order valence-electron chi connectivity index (χ4n) is 3.81. The molecule has 2 aromatic heterocycles. The number of aromatic nitrogens is 2. The van der Waals surface area contributed by atoms with Crippen molar-refractivity contribution in [1.82, 2.24) is 19.6 Å². The van der Waals surface area contributed by atoms with Gasteiger partial charge >= 0.3 is 0 Å². The average molecular weight is 599 g/mol. The molecule has 1 aliphatic heterocycles. The zero-order chi connectivity index (χ0) is 25.8. The van der Waals surface area contributed by atoms with E-state index in [1.165, 1.54) is 4.90 Å². The van der Waals surface area contributed by atoms with E-state index < -0.39 is 0 Å². The molecule has 3 aromatic rings. The van der Waals surface area contributed by atoms with Gasteiger partial charge in [-0.2, -0.15) is 0 Å². The van der Waals surface area contributed by atoms with Crippen molar-refractivity contribution in [2.45, 2.75) is 13.5 Å². The first-order chi connectivity index (χ1) is 17.3. The van der Waals surface area contributed by atoms with Crippen molar-refractivity contribution in [3.8, 4) is 5.75 Å². The number of amides is 2. The number of nitrogens with zero attached hydrogens (tertiary/aromatic N) is 4. The lowest BCUT2D eigenvalue weighted by atomic mass is 10.2. The topological polar surface area (TPSA) is 88.4 Å². The van der Waals surface area contributed by atoms with Crippen LogP contribution in [0.3, 0.4) is 0 Å². The van der Waals surface area contributed by atoms with Gasteiger partial charge in [0.25, 0.3) is 0 Å². The van der Waals surface area contributed by atoms with Crippen LogP contribution in [0.5, 0.6) is 5.75 Å². The van der Waals surface area contributed by atoms with Crippen molar-refractivity contribution in [1.29, 1.82) is 0 Å². The van der Waals surface area contributed by atoms with Gasteiger partial charge in [-0.3, -0.25) is 18.9 Å². The molecule has 0 saturated carbocycles. The van der Waals surface area contributed by atoms with Gasteiger partial charge in [-0.1, -0.05) is 23.2 Å². The van der Waals surface area contributed by atoms with Crippen LogP contribution in [0.1, 0.15) is 11.3 Å². The normalized spacial score (nSPS) is 14.1. The van der Waals surface area contributed by atoms with Crippen LogP contribution >= 0.6 is 39.1 Å². The number of halogens is 3. The second kappa shape index (κ2) is 11.8. The maximum absolute atomic E-state index is 12.8. The Morgan fingerprint density at radius 2 is 2.00 bits per heavy atom. The van der Waals surface area contributed by atoms with E-state index in [2.05, 4.69) is 26.2 Å². The van der Waals surface area contributed by atoms with Gasteiger partial charge in [-0.15, -0.1) is 0 Å². The minimum absolute atomic E-state index is 0.0764. The van der Waals surface area contributed by atoms with Crippen molar-refractivity contribution in [3.63, 3.8) is 0 Å². The molecule has 9 nitrogen and oxygen atoms in total. The van der Waals surface area contributed by atoms with Crippen LogP contribution in [0.25, 0.3) is 5.65 Å². The molecule has 192 valence electrons. The number of imidazole rings is 1. The third kappa shape index (κ3) is 5.95. The summed E-state index contributed by atoms with van der Waals surface area (Å²) in [5, 5.41) is 3.39. The van der Waals surface area contributed by atoms with Crippen molar-refractivity contribution in [2.24, 2.45) is 0 Å². The number of fused-ring (bicyclic) bond motifs is 1. The number of hydrogen-bond acceptors (Lipinski definition) is 6. The van der Waals surface area contributed by atoms with E-state index in [0.29, 0.717) is 59.0 Å². The number of morpholine rings is 1. The smallest absolute Gasteiger partial charge is 0.246 e. The number of nitrogens with one attached hydrogen (secondary N) is 1. The Morgan fingerprint density at radius 1 is 1.25 bits per heavy atom. The number of ether oxygens (including phenoxy) is 2. The Kier molecular flexibility index (Phi) is 8.74. The molecule has 4 rings (SSSR count). The van der Waals surface area contributed by atoms with Gasteiger partial charge < -0.3 is 19.7 Å². The summed E-state index contributed by atoms with van der Waals surface area (Å²) >= 11 is 16.6. The predicted molar refractivity (Wildman–Crippen MR) is 142 cm³/mol. The quantitative estimate of drug-likeness (QED) is 0.425. The number of hydrogen-bond donors (Lipinski definition) is 1. The molecule has 0 atom stereocenters. The molecule has 36 heavy (non-hydrogen) atoms. The molecule has 0 bridgehead atoms. The Labute approximate surface area is 227 Å². The number of anilines is 1. The summed E-state index contributed by atoms with van der Waals surface area (Å²) in [6, 6.07) is 7.00. The second-order valence-electron chi connectivity index (χ2n) is 8.32. The number of aryl methyl sites for hydroxylation is 1. The number of benzene rings is 1. The highest BCUT2D eigenvalue weighted by Gasteiger charge is 2.21. The van der Waals surface area contributed by atoms with E-state index in [-0.39, 0.29) is 31.5 Å². The second-order valence-corrected chi connectivity index (χ2v) is 9.86. The number of pyridine rings is 1. The van der Waals surface area contributed by atoms with Crippen LogP contribution in [-0.2, 0) is 20.9 Å². The molecule has 0 unspecified atom stereocenters. The number of rotatable bonds is 8. The standard InChI is InChI=1S/C24H26BrCl2N5O4/c1-15-23(25)32-7-3-4-19(24(32)29-15)36-14-16-17(26)5-6-18(22(16)27)30(2)21(34)12-28-20(33)13-31-8-10-35-11-9-31/h3-7H,8-14H2,1-2H3,(H,28,33). The van der Waals surface area contributed by atoms with E-state index in [1.807, 2.05) is 34.6 Å². The van der Waals surface area contributed by atoms with Crippen molar-refractivity contribution in [2.75, 3.05) is 51.3 Å². The lowest BCUT2D eigenvalue weighted by Gasteiger charge is -2.26. The third-order valence-corrected chi connectivity index (χ3v) is 7.63. The van der Waals surface area contributed by atoms with Gasteiger partial charge in [0.2, 0.25) is 11.8 Å². The molecule has 3 heterocycles. The Morgan fingerprint density at radius 3 is 2.75 bits per heavy atom. The summed E-state index contributed by atoms with van der Waals surface area (Å²) in [7, 11) is 1.60. The largest absolute Gasteiger partial charge is 0.485 e. The van der Waals surface area contributed by atoms with E-state index in [1.54, 1.807) is 19.2 Å². The van der Waals surface area contributed by atoms with E-state index in [4.69, 9.17) is 32.7 Å². The SMILES string of the molecule is Cc1nc2c(OCc3c(Cl)ccc(N(C)C(=O)CNC(=O)CN4CCOCC4)c3Cl)cccn2c1Br. The number of likely N-dealkylation sites (N-methyl/N-ethyl adjacent to an activating group) is 1. The minimum Gasteiger partial charge on any atom is -0.485 e. The van der Waals surface area contributed by atoms with Gasteiger partial charge in [-0.05, 0) is 47.1 Å². The molecule has 0 radical (unpaired) electrons. The molecule has 1 aliphatic rings. The molecular formula is C24H26BrCl2N5O4. The molecule has 0 aliphatic carbocycles. The highest BCUT2D eigenvalue weighted by molar-refractivity contribution is 9.10. The van der Waals surface area contributed by atoms with E-state index in [9.17, 15) is 9.59 Å². The Balaban J connectivity index is 1.42. The number of carbonyl (C=O) groups excluding carboxylic acids is 2. The molecule has 2 amide bonds. The molecule has 1 fully saturated rings. The van der Waals surface area contributed by atoms with Gasteiger partial charge in [0, 0.05) is 36.9 Å². The summed E-state index contributed by atoms with van der Waals surface area (Å²) in [6.07, 6.45) is 1.88. The van der Waals surface area contributed by atoms with E-state index in [0.717, 1.165) is 10.3 Å². The predicted octanol–water partition coefficient (Wildman–Crippen LogP) is 3.70. The average Bonchev–Trinajstić information content (AvgIpc) is 3.16. The van der Waals surface area contributed by atoms with Gasteiger partial charge in [0.1, 0.15) is 11.2 Å². The summed E-state index contributed by atoms with van der Waals surface area (Å²) in [5.74, 6) is 0.0325. The summed E-state index contributed by atoms with van der Waals surface area (Å²) in [5.41, 5.74) is 2.49. The molecule has 1 aromatic carbocycles. The van der Waals surface area contributed by atoms with Crippen molar-refractivity contribution in [3.05, 3.63) is 56.4 Å². The number of carbonyl (C=O) groups is 2. The van der Waals surface area contributed by atoms with Crippen LogP contribution < -0.4 is 15.0 Å². The van der Waals surface area contributed by atoms with Crippen molar-refractivity contribution < 1.29 is 19.1 Å². The molecule has 1 saturated heterocycles. The lowest BCUT2D eigenvalue weighted by molar-refractivity contribution is -0.126. The van der Waals surface area contributed by atoms with Crippen LogP contribution in [0.2, 0.25) is 10.0 Å². The molecule has 12 heteroatoms. The first-order valence-corrected chi connectivity index (χ1v) is 12.9. The Bertz CT molecular complexity index is 1280. The van der Waals surface area contributed by atoms with Gasteiger partial charge in [-0.25, -0.2) is 4.98 Å². The van der Waals surface area contributed by atoms with Gasteiger partial charge in [0.05, 0.1) is 42.7 Å². The van der Waals surface area contributed by atoms with E-state index >= 15 is 0 Å². The third-order valence-electron chi connectivity index (χ3n) is 5.90. The molecule has 0 spiro atoms. The molecule has 1 N–H and O–H groups in total. The minimum atomic E-state index is -0.316.